The van der Waals surface area contributed by atoms with Gasteiger partial charge in [-0.15, -0.1) is 0 Å². The molecule has 0 spiro atoms. The van der Waals surface area contributed by atoms with Gasteiger partial charge in [0.15, 0.2) is 0 Å². The molecule has 1 rings (SSSR count). The maximum absolute atomic E-state index is 12.4. The maximum Gasteiger partial charge on any atom is 0.389 e. The lowest BCUT2D eigenvalue weighted by molar-refractivity contribution is -0.136. The molecule has 0 aliphatic rings. The third-order valence-electron chi connectivity index (χ3n) is 3.40. The highest BCUT2D eigenvalue weighted by atomic mass is 35.5. The molecule has 0 radical (unpaired) electrons. The highest BCUT2D eigenvalue weighted by Gasteiger charge is 2.29. The minimum atomic E-state index is -4.13. The quantitative estimate of drug-likeness (QED) is 0.783. The van der Waals surface area contributed by atoms with Crippen molar-refractivity contribution in [2.24, 2.45) is 0 Å². The fourth-order valence-electron chi connectivity index (χ4n) is 2.35. The van der Waals surface area contributed by atoms with E-state index in [0.717, 1.165) is 11.4 Å². The first kappa shape index (κ1) is 18.3. The molecule has 0 saturated heterocycles. The van der Waals surface area contributed by atoms with Crippen LogP contribution in [0.25, 0.3) is 0 Å². The predicted molar refractivity (Wildman–Crippen MR) is 78.7 cm³/mol. The number of likely N-dealkylation sites (N-methyl/N-ethyl adjacent to an activating group) is 1. The molecule has 1 heterocycles. The molecule has 122 valence electrons. The molecular weight excluding hydrogens is 303 g/mol. The second kappa shape index (κ2) is 8.03. The van der Waals surface area contributed by atoms with E-state index in [0.29, 0.717) is 31.0 Å². The molecule has 1 aromatic rings. The van der Waals surface area contributed by atoms with Crippen LogP contribution in [0.2, 0.25) is 5.02 Å². The van der Waals surface area contributed by atoms with Gasteiger partial charge in [0.2, 0.25) is 0 Å². The zero-order chi connectivity index (χ0) is 16.0. The fraction of sp³-hybridized carbons (Fsp3) is 0.786. The zero-order valence-corrected chi connectivity index (χ0v) is 13.5. The van der Waals surface area contributed by atoms with Crippen molar-refractivity contribution in [3.8, 4) is 0 Å². The van der Waals surface area contributed by atoms with E-state index in [1.807, 2.05) is 20.8 Å². The standard InChI is InChI=1S/C14H23ClF3N3/c1-4-11-13(15)12(21(6-3)20-11)9-10(19-5-2)7-8-14(16,17)18/h10,19H,4-9H2,1-3H3. The molecule has 0 amide bonds. The van der Waals surface area contributed by atoms with Crippen molar-refractivity contribution in [1.29, 1.82) is 0 Å². The van der Waals surface area contributed by atoms with Crippen LogP contribution in [0.5, 0.6) is 0 Å². The molecule has 0 aromatic carbocycles. The highest BCUT2D eigenvalue weighted by molar-refractivity contribution is 6.31. The summed E-state index contributed by atoms with van der Waals surface area (Å²) in [5.41, 5.74) is 1.63. The molecule has 1 atom stereocenters. The van der Waals surface area contributed by atoms with Gasteiger partial charge in [0.1, 0.15) is 0 Å². The highest BCUT2D eigenvalue weighted by Crippen LogP contribution is 2.26. The smallest absolute Gasteiger partial charge is 0.314 e. The van der Waals surface area contributed by atoms with Crippen molar-refractivity contribution < 1.29 is 13.2 Å². The van der Waals surface area contributed by atoms with Crippen LogP contribution in [0.15, 0.2) is 0 Å². The number of nitrogens with zero attached hydrogens (tertiary/aromatic N) is 2. The largest absolute Gasteiger partial charge is 0.389 e. The van der Waals surface area contributed by atoms with Crippen LogP contribution < -0.4 is 5.32 Å². The second-order valence-corrected chi connectivity index (χ2v) is 5.37. The number of hydrogen-bond donors (Lipinski definition) is 1. The summed E-state index contributed by atoms with van der Waals surface area (Å²) < 4.78 is 39.0. The Balaban J connectivity index is 2.85. The number of rotatable bonds is 8. The number of aromatic nitrogens is 2. The summed E-state index contributed by atoms with van der Waals surface area (Å²) in [6.07, 6.45) is -3.69. The van der Waals surface area contributed by atoms with Gasteiger partial charge < -0.3 is 5.32 Å². The summed E-state index contributed by atoms with van der Waals surface area (Å²) in [4.78, 5) is 0. The molecule has 0 saturated carbocycles. The van der Waals surface area contributed by atoms with E-state index in [9.17, 15) is 13.2 Å². The molecule has 1 unspecified atom stereocenters. The van der Waals surface area contributed by atoms with E-state index >= 15 is 0 Å². The normalized spacial score (nSPS) is 13.7. The summed E-state index contributed by atoms with van der Waals surface area (Å²) in [5, 5.41) is 8.11. The number of aryl methyl sites for hydroxylation is 2. The van der Waals surface area contributed by atoms with Crippen LogP contribution in [0.1, 0.15) is 45.0 Å². The van der Waals surface area contributed by atoms with Gasteiger partial charge in [-0.25, -0.2) is 0 Å². The zero-order valence-electron chi connectivity index (χ0n) is 12.7. The first-order chi connectivity index (χ1) is 9.82. The van der Waals surface area contributed by atoms with E-state index in [1.165, 1.54) is 0 Å². The predicted octanol–water partition coefficient (Wildman–Crippen LogP) is 3.98. The minimum Gasteiger partial charge on any atom is -0.314 e. The monoisotopic (exact) mass is 325 g/mol. The van der Waals surface area contributed by atoms with Crippen LogP contribution in [0, 0.1) is 0 Å². The summed E-state index contributed by atoms with van der Waals surface area (Å²) in [6.45, 7) is 7.08. The van der Waals surface area contributed by atoms with Gasteiger partial charge >= 0.3 is 6.18 Å². The molecule has 21 heavy (non-hydrogen) atoms. The summed E-state index contributed by atoms with van der Waals surface area (Å²) >= 11 is 6.31. The number of halogens is 4. The third-order valence-corrected chi connectivity index (χ3v) is 3.84. The first-order valence-electron chi connectivity index (χ1n) is 7.36. The Labute approximate surface area is 128 Å². The van der Waals surface area contributed by atoms with Crippen LogP contribution in [-0.4, -0.2) is 28.5 Å². The molecule has 1 N–H and O–H groups in total. The van der Waals surface area contributed by atoms with Gasteiger partial charge in [-0.1, -0.05) is 25.4 Å². The van der Waals surface area contributed by atoms with E-state index in [1.54, 1.807) is 4.68 Å². The minimum absolute atomic E-state index is 0.0457. The van der Waals surface area contributed by atoms with E-state index in [2.05, 4.69) is 10.4 Å². The SMILES string of the molecule is CCNC(CCC(F)(F)F)Cc1c(Cl)c(CC)nn1CC. The molecular formula is C14H23ClF3N3. The second-order valence-electron chi connectivity index (χ2n) is 4.99. The van der Waals surface area contributed by atoms with Crippen molar-refractivity contribution in [3.05, 3.63) is 16.4 Å². The number of alkyl halides is 3. The van der Waals surface area contributed by atoms with Crippen molar-refractivity contribution in [3.63, 3.8) is 0 Å². The van der Waals surface area contributed by atoms with Gasteiger partial charge in [-0.05, 0) is 26.3 Å². The Morgan fingerprint density at radius 1 is 1.29 bits per heavy atom. The van der Waals surface area contributed by atoms with Crippen LogP contribution in [0.3, 0.4) is 0 Å². The first-order valence-corrected chi connectivity index (χ1v) is 7.74. The van der Waals surface area contributed by atoms with Crippen molar-refractivity contribution >= 4 is 11.6 Å². The van der Waals surface area contributed by atoms with E-state index in [-0.39, 0.29) is 12.5 Å². The van der Waals surface area contributed by atoms with E-state index in [4.69, 9.17) is 11.6 Å². The molecule has 1 aromatic heterocycles. The average molecular weight is 326 g/mol. The lowest BCUT2D eigenvalue weighted by Gasteiger charge is -2.19. The fourth-order valence-corrected chi connectivity index (χ4v) is 2.69. The maximum atomic E-state index is 12.4. The Kier molecular flexibility index (Phi) is 7.00. The third kappa shape index (κ3) is 5.51. The van der Waals surface area contributed by atoms with Gasteiger partial charge in [0.25, 0.3) is 0 Å². The van der Waals surface area contributed by atoms with Gasteiger partial charge in [-0.3, -0.25) is 4.68 Å². The molecule has 7 heteroatoms. The Morgan fingerprint density at radius 2 is 1.95 bits per heavy atom. The molecule has 0 aliphatic heterocycles. The summed E-state index contributed by atoms with van der Waals surface area (Å²) in [7, 11) is 0. The van der Waals surface area contributed by atoms with Crippen LogP contribution in [-0.2, 0) is 19.4 Å². The number of hydrogen-bond acceptors (Lipinski definition) is 2. The summed E-state index contributed by atoms with van der Waals surface area (Å²) in [5.74, 6) is 0. The molecule has 0 bridgehead atoms. The lowest BCUT2D eigenvalue weighted by atomic mass is 10.0. The summed E-state index contributed by atoms with van der Waals surface area (Å²) in [6, 6.07) is -0.249. The van der Waals surface area contributed by atoms with Gasteiger partial charge in [0, 0.05) is 25.4 Å². The Hall–Kier alpha value is -0.750. The van der Waals surface area contributed by atoms with Crippen molar-refractivity contribution in [2.75, 3.05) is 6.54 Å². The van der Waals surface area contributed by atoms with Gasteiger partial charge in [0.05, 0.1) is 16.4 Å². The molecule has 3 nitrogen and oxygen atoms in total. The van der Waals surface area contributed by atoms with Gasteiger partial charge in [-0.2, -0.15) is 18.3 Å². The van der Waals surface area contributed by atoms with Crippen molar-refractivity contribution in [1.82, 2.24) is 15.1 Å². The van der Waals surface area contributed by atoms with Crippen LogP contribution in [0.4, 0.5) is 13.2 Å². The van der Waals surface area contributed by atoms with Crippen molar-refractivity contribution in [2.45, 2.75) is 65.2 Å². The van der Waals surface area contributed by atoms with Crippen LogP contribution >= 0.6 is 11.6 Å². The Bertz CT molecular complexity index is 443. The topological polar surface area (TPSA) is 29.9 Å². The Morgan fingerprint density at radius 3 is 2.43 bits per heavy atom. The van der Waals surface area contributed by atoms with E-state index < -0.39 is 12.6 Å². The molecule has 0 aliphatic carbocycles. The lowest BCUT2D eigenvalue weighted by Crippen LogP contribution is -2.33. The average Bonchev–Trinajstić information content (AvgIpc) is 2.72. The number of nitrogens with one attached hydrogen (secondary N) is 1. The molecule has 0 fully saturated rings.